The van der Waals surface area contributed by atoms with Crippen LogP contribution in [0.4, 0.5) is 0 Å². The van der Waals surface area contributed by atoms with Crippen LogP contribution in [0.3, 0.4) is 0 Å². The normalized spacial score (nSPS) is 16.8. The molecule has 0 heterocycles. The minimum atomic E-state index is -0.316. The average molecular weight is 1820 g/mol. The maximum absolute atomic E-state index is 2.78. The minimum Gasteiger partial charge on any atom is -0.0654 e. The number of hydrogen-bond acceptors (Lipinski definition) is 0. The van der Waals surface area contributed by atoms with Crippen LogP contribution in [0.25, 0.3) is 189 Å². The molecule has 18 aromatic carbocycles. The molecule has 0 saturated carbocycles. The summed E-state index contributed by atoms with van der Waals surface area (Å²) in [7, 11) is 0. The first-order chi connectivity index (χ1) is 67.8. The van der Waals surface area contributed by atoms with Crippen LogP contribution in [-0.2, 0) is 48.7 Å². The summed E-state index contributed by atoms with van der Waals surface area (Å²) in [5, 5.41) is 0. The highest BCUT2D eigenvalue weighted by Crippen LogP contribution is 2.65. The van der Waals surface area contributed by atoms with Gasteiger partial charge in [0.05, 0.1) is 0 Å². The Hall–Kier alpha value is -14.0. The first-order valence-electron chi connectivity index (χ1n) is 52.3. The molecule has 0 fully saturated rings. The standard InChI is InChI=1S/C141H122/c1-19-21-63-141(64-22-20-2)131-79-111(91-49-61-107-103-57-45-87(71-125(103)139(15,16)129(107)75-91)83-41-53-99-95-33-25-29-37-117(95)135(7,8)121(99)67-83)109(89-47-59-105-101-55-43-85(69-123(101)137(11,12)127(105)73-89)81-39-51-97-93-31-23-27-35-115(93)133(3,4)119(97)65-81)77-113(131)114-78-110(90-48-60-106-102-56-44-86(70-124(102)138(13,14)128(106)74-90)82-40-52-98-94-32-24-28-36-116(94)134(5,6)120(98)66-82)112(80-132(114)141)92-50-62-108-104-58-46-88(72-126(104)140(17,18)130(108)76-92)84-42-54-100-96-34-26-30-38-118(96)136(9,10)122(100)68-84/h23-62,65-80H,19-22,63-64H2,1-18H3. The molecule has 0 atom stereocenters. The van der Waals surface area contributed by atoms with Gasteiger partial charge in [0.1, 0.15) is 0 Å². The van der Waals surface area contributed by atoms with Gasteiger partial charge >= 0.3 is 0 Å². The molecule has 0 radical (unpaired) electrons. The Balaban J connectivity index is 0.637. The van der Waals surface area contributed by atoms with Crippen molar-refractivity contribution in [3.8, 4) is 189 Å². The van der Waals surface area contributed by atoms with Crippen molar-refractivity contribution in [3.05, 3.63) is 440 Å². The largest absolute Gasteiger partial charge is 0.0654 e. The highest BCUT2D eigenvalue weighted by atomic mass is 14.5. The molecule has 18 aromatic rings. The Kier molecular flexibility index (Phi) is 18.0. The lowest BCUT2D eigenvalue weighted by Gasteiger charge is -2.34. The lowest BCUT2D eigenvalue weighted by molar-refractivity contribution is 0.415. The van der Waals surface area contributed by atoms with Gasteiger partial charge in [-0.2, -0.15) is 0 Å². The molecule has 0 saturated heterocycles. The number of benzene rings is 18. The molecule has 0 unspecified atom stereocenters. The van der Waals surface area contributed by atoms with Crippen LogP contribution >= 0.6 is 0 Å². The second-order valence-corrected chi connectivity index (χ2v) is 47.5. The minimum absolute atomic E-state index is 0.0985. The van der Waals surface area contributed by atoms with Crippen molar-refractivity contribution in [2.24, 2.45) is 0 Å². The summed E-state index contributed by atoms with van der Waals surface area (Å²) in [5.41, 5.74) is 68.0. The van der Waals surface area contributed by atoms with E-state index in [4.69, 9.17) is 0 Å². The first kappa shape index (κ1) is 86.1. The number of fused-ring (bicyclic) bond motifs is 27. The van der Waals surface area contributed by atoms with Gasteiger partial charge in [0.15, 0.2) is 0 Å². The van der Waals surface area contributed by atoms with E-state index in [1.807, 2.05) is 0 Å². The predicted octanol–water partition coefficient (Wildman–Crippen LogP) is 38.1. The molecule has 0 amide bonds. The van der Waals surface area contributed by atoms with E-state index in [9.17, 15) is 0 Å². The van der Waals surface area contributed by atoms with Gasteiger partial charge in [0.25, 0.3) is 0 Å². The molecule has 686 valence electrons. The Labute approximate surface area is 834 Å². The molecule has 27 rings (SSSR count). The summed E-state index contributed by atoms with van der Waals surface area (Å²) >= 11 is 0. The maximum Gasteiger partial charge on any atom is 0.0215 e. The Bertz CT molecular complexity index is 8100. The van der Waals surface area contributed by atoms with Gasteiger partial charge in [-0.1, -0.05) is 393 Å². The van der Waals surface area contributed by atoms with E-state index in [0.717, 1.165) is 38.5 Å². The zero-order valence-corrected chi connectivity index (χ0v) is 85.1. The zero-order chi connectivity index (χ0) is 96.4. The van der Waals surface area contributed by atoms with Crippen LogP contribution in [0.15, 0.2) is 340 Å². The molecule has 9 aliphatic rings. The second-order valence-electron chi connectivity index (χ2n) is 47.5. The van der Waals surface area contributed by atoms with Crippen molar-refractivity contribution < 1.29 is 0 Å². The van der Waals surface area contributed by atoms with Gasteiger partial charge in [-0.05, 0) is 399 Å². The Morgan fingerprint density at radius 2 is 0.277 bits per heavy atom. The fraction of sp³-hybridized carbons (Fsp3) is 0.234. The fourth-order valence-electron chi connectivity index (χ4n) is 29.0. The van der Waals surface area contributed by atoms with Gasteiger partial charge in [-0.3, -0.25) is 0 Å². The molecule has 0 spiro atoms. The van der Waals surface area contributed by atoms with Crippen LogP contribution in [0, 0.1) is 0 Å². The van der Waals surface area contributed by atoms with Crippen LogP contribution in [-0.4, -0.2) is 0 Å². The third-order valence-corrected chi connectivity index (χ3v) is 37.2. The molecule has 141 heavy (non-hydrogen) atoms. The number of unbranched alkanes of at least 4 members (excludes halogenated alkanes) is 2. The van der Waals surface area contributed by atoms with Crippen molar-refractivity contribution in [2.75, 3.05) is 0 Å². The van der Waals surface area contributed by atoms with Gasteiger partial charge in [-0.25, -0.2) is 0 Å². The summed E-state index contributed by atoms with van der Waals surface area (Å²) in [6.45, 7) is 44.1. The van der Waals surface area contributed by atoms with Crippen molar-refractivity contribution in [1.29, 1.82) is 0 Å². The van der Waals surface area contributed by atoms with Crippen LogP contribution in [0.1, 0.15) is 263 Å². The quantitative estimate of drug-likeness (QED) is 0.102. The van der Waals surface area contributed by atoms with Crippen LogP contribution in [0.5, 0.6) is 0 Å². The van der Waals surface area contributed by atoms with Gasteiger partial charge in [-0.15, -0.1) is 0 Å². The molecule has 0 N–H and O–H groups in total. The van der Waals surface area contributed by atoms with E-state index in [0.29, 0.717) is 0 Å². The van der Waals surface area contributed by atoms with E-state index >= 15 is 0 Å². The lowest BCUT2D eigenvalue weighted by atomic mass is 9.69. The SMILES string of the molecule is CCCCC1(CCCC)c2cc(-c3ccc4c(c3)C(C)(C)c3cc(-c5ccc6c(c5)C(C)(C)c5ccccc5-6)ccc3-4)c(-c3ccc4c(c3)C(C)(C)c3cc(-c5ccc6c(c5)C(C)(C)c5ccccc5-6)ccc3-4)cc2-c2cc(-c3ccc4c(c3)C(C)(C)c3cc(-c5ccc6c(c5)C(C)(C)c5ccccc5-6)ccc3-4)c(-c3ccc4c(c3)C(C)(C)c3cc(-c5ccc6c(c5)C(C)(C)c5ccccc5-6)ccc3-4)cc21. The summed E-state index contributed by atoms with van der Waals surface area (Å²) < 4.78 is 0. The van der Waals surface area contributed by atoms with Crippen LogP contribution < -0.4 is 0 Å². The molecular formula is C141H122. The summed E-state index contributed by atoms with van der Waals surface area (Å²) in [6.07, 6.45) is 6.49. The fourth-order valence-corrected chi connectivity index (χ4v) is 29.0. The third-order valence-electron chi connectivity index (χ3n) is 37.2. The lowest BCUT2D eigenvalue weighted by Crippen LogP contribution is -2.25. The average Bonchev–Trinajstić information content (AvgIpc) is 1.52. The van der Waals surface area contributed by atoms with E-state index in [1.54, 1.807) is 0 Å². The van der Waals surface area contributed by atoms with Gasteiger partial charge in [0.2, 0.25) is 0 Å². The summed E-state index contributed by atoms with van der Waals surface area (Å²) in [5.74, 6) is 0. The van der Waals surface area contributed by atoms with Crippen molar-refractivity contribution >= 4 is 0 Å². The highest BCUT2D eigenvalue weighted by Gasteiger charge is 2.49. The van der Waals surface area contributed by atoms with Crippen molar-refractivity contribution in [2.45, 2.75) is 212 Å². The highest BCUT2D eigenvalue weighted by molar-refractivity contribution is 6.02. The second kappa shape index (κ2) is 29.6. The number of hydrogen-bond donors (Lipinski definition) is 0. The molecular weight excluding hydrogens is 1690 g/mol. The molecule has 0 aromatic heterocycles. The molecule has 0 nitrogen and oxygen atoms in total. The van der Waals surface area contributed by atoms with E-state index < -0.39 is 0 Å². The topological polar surface area (TPSA) is 0 Å². The predicted molar refractivity (Wildman–Crippen MR) is 596 cm³/mol. The molecule has 0 heteroatoms. The van der Waals surface area contributed by atoms with Crippen molar-refractivity contribution in [1.82, 2.24) is 0 Å². The van der Waals surface area contributed by atoms with E-state index in [1.165, 1.54) is 289 Å². The Morgan fingerprint density at radius 3 is 0.461 bits per heavy atom. The monoisotopic (exact) mass is 1810 g/mol. The molecule has 0 aliphatic heterocycles. The smallest absolute Gasteiger partial charge is 0.0215 e. The zero-order valence-electron chi connectivity index (χ0n) is 85.1. The van der Waals surface area contributed by atoms with Gasteiger partial charge in [0, 0.05) is 48.7 Å². The Morgan fingerprint density at radius 1 is 0.128 bits per heavy atom. The van der Waals surface area contributed by atoms with Crippen LogP contribution in [0.2, 0.25) is 0 Å². The molecule has 9 aliphatic carbocycles. The first-order valence-corrected chi connectivity index (χ1v) is 52.3. The number of rotatable bonds is 14. The van der Waals surface area contributed by atoms with Crippen molar-refractivity contribution in [3.63, 3.8) is 0 Å². The van der Waals surface area contributed by atoms with E-state index in [-0.39, 0.29) is 48.7 Å². The van der Waals surface area contributed by atoms with E-state index in [2.05, 4.69) is 464 Å². The third kappa shape index (κ3) is 11.9. The maximum atomic E-state index is 2.78. The summed E-state index contributed by atoms with van der Waals surface area (Å²) in [6, 6.07) is 136. The molecule has 0 bridgehead atoms. The van der Waals surface area contributed by atoms with Gasteiger partial charge < -0.3 is 0 Å². The summed E-state index contributed by atoms with van der Waals surface area (Å²) in [4.78, 5) is 0.